The van der Waals surface area contributed by atoms with E-state index in [0.717, 1.165) is 11.8 Å². The zero-order valence-corrected chi connectivity index (χ0v) is 23.5. The quantitative estimate of drug-likeness (QED) is 0.308. The molecule has 37 heavy (non-hydrogen) atoms. The third-order valence-electron chi connectivity index (χ3n) is 10.9. The van der Waals surface area contributed by atoms with Gasteiger partial charge in [-0.2, -0.15) is 11.8 Å². The van der Waals surface area contributed by atoms with E-state index in [4.69, 9.17) is 0 Å². The van der Waals surface area contributed by atoms with Crippen LogP contribution >= 0.6 is 11.8 Å². The zero-order valence-electron chi connectivity index (χ0n) is 22.6. The van der Waals surface area contributed by atoms with E-state index in [-0.39, 0.29) is 56.3 Å². The Morgan fingerprint density at radius 3 is 2.27 bits per heavy atom. The van der Waals surface area contributed by atoms with Crippen molar-refractivity contribution in [1.29, 1.82) is 0 Å². The summed E-state index contributed by atoms with van der Waals surface area (Å²) < 4.78 is 31.8. The molecule has 3 fully saturated rings. The van der Waals surface area contributed by atoms with Crippen LogP contribution in [0.25, 0.3) is 0 Å². The lowest BCUT2D eigenvalue weighted by atomic mass is 9.43. The molecule has 4 aliphatic rings. The monoisotopic (exact) mass is 546 g/mol. The van der Waals surface area contributed by atoms with Gasteiger partial charge < -0.3 is 25.5 Å². The summed E-state index contributed by atoms with van der Waals surface area (Å²) >= 11 is 1.13. The van der Waals surface area contributed by atoms with Gasteiger partial charge in [0.2, 0.25) is 0 Å². The van der Waals surface area contributed by atoms with Crippen molar-refractivity contribution in [3.8, 4) is 0 Å². The Kier molecular flexibility index (Phi) is 7.34. The summed E-state index contributed by atoms with van der Waals surface area (Å²) in [5.41, 5.74) is -4.68. The maximum atomic E-state index is 17.6. The molecule has 0 spiro atoms. The third-order valence-corrected chi connectivity index (χ3v) is 12.7. The first kappa shape index (κ1) is 29.4. The van der Waals surface area contributed by atoms with E-state index in [9.17, 15) is 30.3 Å². The van der Waals surface area contributed by atoms with Gasteiger partial charge in [0.05, 0.1) is 10.9 Å². The average molecular weight is 547 g/mol. The van der Waals surface area contributed by atoms with Gasteiger partial charge in [0.15, 0.2) is 17.4 Å². The SMILES string of the molecule is CCCC(O)(O)C1C[C@H]2[C@@H]3CC(F)C4=CC(=O)CC[C@]4(C)[C@]3(F)C(O)C[C@]2(C)C1(SC)C(O)(O)CCC. The lowest BCUT2D eigenvalue weighted by Crippen LogP contribution is -2.73. The number of aliphatic hydroxyl groups excluding tert-OH is 1. The fourth-order valence-electron chi connectivity index (χ4n) is 9.45. The Hall–Kier alpha value is -0.580. The van der Waals surface area contributed by atoms with Gasteiger partial charge in [0, 0.05) is 36.5 Å². The van der Waals surface area contributed by atoms with Crippen molar-refractivity contribution in [2.24, 2.45) is 28.6 Å². The number of carbonyl (C=O) groups excluding carboxylic acids is 1. The van der Waals surface area contributed by atoms with Crippen molar-refractivity contribution in [1.82, 2.24) is 0 Å². The molecule has 0 aromatic heterocycles. The number of thioether (sulfide) groups is 1. The van der Waals surface area contributed by atoms with Crippen molar-refractivity contribution in [3.05, 3.63) is 11.6 Å². The minimum absolute atomic E-state index is 0.0164. The zero-order chi connectivity index (χ0) is 27.8. The number of rotatable bonds is 7. The van der Waals surface area contributed by atoms with Crippen LogP contribution in [0, 0.1) is 28.6 Å². The van der Waals surface area contributed by atoms with Crippen LogP contribution in [0.15, 0.2) is 11.6 Å². The molecule has 0 aliphatic heterocycles. The van der Waals surface area contributed by atoms with Crippen LogP contribution in [-0.2, 0) is 4.79 Å². The first-order valence-corrected chi connectivity index (χ1v) is 15.0. The molecule has 0 amide bonds. The van der Waals surface area contributed by atoms with E-state index >= 15 is 8.78 Å². The summed E-state index contributed by atoms with van der Waals surface area (Å²) in [7, 11) is 0. The van der Waals surface area contributed by atoms with Crippen LogP contribution in [0.3, 0.4) is 0 Å². The number of allylic oxidation sites excluding steroid dienone is 1. The number of fused-ring (bicyclic) bond motifs is 5. The Morgan fingerprint density at radius 1 is 1.08 bits per heavy atom. The van der Waals surface area contributed by atoms with Crippen molar-refractivity contribution in [2.75, 3.05) is 6.26 Å². The minimum atomic E-state index is -2.36. The van der Waals surface area contributed by atoms with E-state index in [1.165, 1.54) is 6.08 Å². The molecule has 0 aromatic rings. The van der Waals surface area contributed by atoms with Crippen molar-refractivity contribution in [2.45, 2.75) is 120 Å². The number of aliphatic hydroxyl groups is 5. The standard InChI is InChI=1S/C28H44F2O6S/c1-6-9-25(33,34)21-14-17-18-13-20(29)19-12-16(31)8-11-23(19,3)27(18,30)22(32)15-24(17,4)28(21,37-5)26(35,36)10-7-2/h12,17-18,20-22,32-36H,6-11,13-15H2,1-5H3/t17-,18-,20?,21?,22?,23-,24-,27+,28?/m0/s1. The van der Waals surface area contributed by atoms with Gasteiger partial charge in [-0.15, -0.1) is 0 Å². The number of halogens is 2. The maximum Gasteiger partial charge on any atom is 0.178 e. The van der Waals surface area contributed by atoms with Gasteiger partial charge in [-0.05, 0) is 54.9 Å². The molecule has 4 aliphatic carbocycles. The summed E-state index contributed by atoms with van der Waals surface area (Å²) in [6, 6.07) is 0. The second-order valence-electron chi connectivity index (χ2n) is 12.6. The maximum absolute atomic E-state index is 17.6. The van der Waals surface area contributed by atoms with Gasteiger partial charge >= 0.3 is 0 Å². The van der Waals surface area contributed by atoms with E-state index in [0.29, 0.717) is 12.8 Å². The molecule has 0 heterocycles. The molecule has 9 heteroatoms. The molecule has 212 valence electrons. The highest BCUT2D eigenvalue weighted by Gasteiger charge is 2.80. The summed E-state index contributed by atoms with van der Waals surface area (Å²) in [4.78, 5) is 12.2. The summed E-state index contributed by atoms with van der Waals surface area (Å²) in [6.07, 6.45) is 0.353. The molecule has 4 rings (SSSR count). The normalized spacial score (nSPS) is 46.2. The Bertz CT molecular complexity index is 957. The summed E-state index contributed by atoms with van der Waals surface area (Å²) in [5.74, 6) is -7.59. The Labute approximate surface area is 222 Å². The molecular formula is C28H44F2O6S. The number of hydrogen-bond acceptors (Lipinski definition) is 7. The van der Waals surface area contributed by atoms with Gasteiger partial charge in [-0.3, -0.25) is 4.79 Å². The molecule has 0 saturated heterocycles. The molecule has 0 radical (unpaired) electrons. The van der Waals surface area contributed by atoms with Crippen LogP contribution < -0.4 is 0 Å². The molecule has 6 nitrogen and oxygen atoms in total. The lowest BCUT2D eigenvalue weighted by molar-refractivity contribution is -0.278. The fraction of sp³-hybridized carbons (Fsp3) is 0.893. The Balaban J connectivity index is 1.94. The summed E-state index contributed by atoms with van der Waals surface area (Å²) in [6.45, 7) is 6.98. The van der Waals surface area contributed by atoms with Gasteiger partial charge in [0.25, 0.3) is 0 Å². The largest absolute Gasteiger partial charge is 0.390 e. The number of hydrogen-bond donors (Lipinski definition) is 5. The third kappa shape index (κ3) is 3.63. The number of ketones is 1. The molecule has 4 unspecified atom stereocenters. The molecular weight excluding hydrogens is 502 g/mol. The van der Waals surface area contributed by atoms with E-state index in [2.05, 4.69) is 0 Å². The van der Waals surface area contributed by atoms with Gasteiger partial charge in [-0.1, -0.05) is 40.5 Å². The van der Waals surface area contributed by atoms with Crippen molar-refractivity contribution in [3.63, 3.8) is 0 Å². The minimum Gasteiger partial charge on any atom is -0.390 e. The van der Waals surface area contributed by atoms with Crippen LogP contribution in [0.4, 0.5) is 8.78 Å². The van der Waals surface area contributed by atoms with E-state index < -0.39 is 62.8 Å². The number of carbonyl (C=O) groups is 1. The smallest absolute Gasteiger partial charge is 0.178 e. The Morgan fingerprint density at radius 2 is 1.70 bits per heavy atom. The lowest BCUT2D eigenvalue weighted by Gasteiger charge is -2.65. The fourth-order valence-corrected chi connectivity index (χ4v) is 11.2. The summed E-state index contributed by atoms with van der Waals surface area (Å²) in [5, 5.41) is 57.7. The van der Waals surface area contributed by atoms with Crippen molar-refractivity contribution < 1.29 is 39.1 Å². The predicted molar refractivity (Wildman–Crippen MR) is 138 cm³/mol. The van der Waals surface area contributed by atoms with E-state index in [1.807, 2.05) is 0 Å². The van der Waals surface area contributed by atoms with Crippen molar-refractivity contribution >= 4 is 17.5 Å². The van der Waals surface area contributed by atoms with Crippen LogP contribution in [0.1, 0.15) is 85.5 Å². The molecule has 0 bridgehead atoms. The highest BCUT2D eigenvalue weighted by atomic mass is 32.2. The highest BCUT2D eigenvalue weighted by Crippen LogP contribution is 2.76. The second-order valence-corrected chi connectivity index (χ2v) is 13.7. The van der Waals surface area contributed by atoms with Gasteiger partial charge in [-0.25, -0.2) is 8.78 Å². The molecule has 3 saturated carbocycles. The van der Waals surface area contributed by atoms with Crippen LogP contribution in [0.2, 0.25) is 0 Å². The van der Waals surface area contributed by atoms with Gasteiger partial charge in [0.1, 0.15) is 11.8 Å². The topological polar surface area (TPSA) is 118 Å². The molecule has 9 atom stereocenters. The average Bonchev–Trinajstić information content (AvgIpc) is 3.07. The molecule has 5 N–H and O–H groups in total. The number of alkyl halides is 2. The first-order chi connectivity index (χ1) is 17.0. The highest BCUT2D eigenvalue weighted by molar-refractivity contribution is 8.00. The van der Waals surface area contributed by atoms with E-state index in [1.54, 1.807) is 34.0 Å². The second kappa shape index (κ2) is 9.23. The predicted octanol–water partition coefficient (Wildman–Crippen LogP) is 3.82. The first-order valence-electron chi connectivity index (χ1n) is 13.7. The molecule has 0 aromatic carbocycles. The van der Waals surface area contributed by atoms with Crippen LogP contribution in [0.5, 0.6) is 0 Å². The van der Waals surface area contributed by atoms with Crippen LogP contribution in [-0.4, -0.2) is 71.8 Å².